The van der Waals surface area contributed by atoms with E-state index >= 15 is 0 Å². The van der Waals surface area contributed by atoms with Crippen molar-refractivity contribution in [3.63, 3.8) is 0 Å². The van der Waals surface area contributed by atoms with Gasteiger partial charge in [0.2, 0.25) is 5.91 Å². The lowest BCUT2D eigenvalue weighted by atomic mass is 9.90. The van der Waals surface area contributed by atoms with Crippen LogP contribution in [0.15, 0.2) is 11.8 Å². The Morgan fingerprint density at radius 2 is 2.19 bits per heavy atom. The summed E-state index contributed by atoms with van der Waals surface area (Å²) in [5.74, 6) is -3.44. The van der Waals surface area contributed by atoms with E-state index < -0.39 is 29.5 Å². The van der Waals surface area contributed by atoms with Crippen LogP contribution in [0.25, 0.3) is 0 Å². The molecule has 16 heavy (non-hydrogen) atoms. The fraction of sp³-hybridized carbons (Fsp3) is 0.500. The number of ketones is 1. The fourth-order valence-corrected chi connectivity index (χ4v) is 1.44. The third-order valence-electron chi connectivity index (χ3n) is 2.35. The second kappa shape index (κ2) is 4.78. The Labute approximate surface area is 92.0 Å². The lowest BCUT2D eigenvalue weighted by Crippen LogP contribution is -2.45. The smallest absolute Gasteiger partial charge is 0.310 e. The van der Waals surface area contributed by atoms with E-state index in [4.69, 9.17) is 5.11 Å². The average molecular weight is 227 g/mol. The van der Waals surface area contributed by atoms with Gasteiger partial charge in [0.1, 0.15) is 11.8 Å². The van der Waals surface area contributed by atoms with Crippen molar-refractivity contribution in [1.29, 1.82) is 0 Å². The van der Waals surface area contributed by atoms with Crippen LogP contribution in [0.5, 0.6) is 0 Å². The van der Waals surface area contributed by atoms with Crippen molar-refractivity contribution in [3.8, 4) is 0 Å². The normalized spacial score (nSPS) is 24.8. The minimum absolute atomic E-state index is 0.194. The number of carbonyl (C=O) groups excluding carboxylic acids is 2. The van der Waals surface area contributed by atoms with Crippen molar-refractivity contribution < 1.29 is 24.6 Å². The summed E-state index contributed by atoms with van der Waals surface area (Å²) in [6, 6.07) is -1.09. The summed E-state index contributed by atoms with van der Waals surface area (Å²) in [5, 5.41) is 20.5. The molecule has 0 saturated heterocycles. The van der Waals surface area contributed by atoms with Gasteiger partial charge in [0.25, 0.3) is 0 Å². The predicted molar refractivity (Wildman–Crippen MR) is 53.7 cm³/mol. The molecular formula is C10H13NO5. The largest absolute Gasteiger partial charge is 0.510 e. The number of carbonyl (C=O) groups is 3. The van der Waals surface area contributed by atoms with Crippen molar-refractivity contribution in [2.24, 2.45) is 5.92 Å². The van der Waals surface area contributed by atoms with Gasteiger partial charge in [-0.25, -0.2) is 0 Å². The zero-order valence-corrected chi connectivity index (χ0v) is 8.77. The van der Waals surface area contributed by atoms with E-state index in [2.05, 4.69) is 5.32 Å². The van der Waals surface area contributed by atoms with Crippen LogP contribution in [0.1, 0.15) is 19.8 Å². The maximum atomic E-state index is 11.5. The van der Waals surface area contributed by atoms with Gasteiger partial charge in [0.15, 0.2) is 5.78 Å². The number of carboxylic acids is 1. The number of hydrogen-bond acceptors (Lipinski definition) is 4. The van der Waals surface area contributed by atoms with Crippen molar-refractivity contribution in [2.75, 3.05) is 0 Å². The topological polar surface area (TPSA) is 104 Å². The fourth-order valence-electron chi connectivity index (χ4n) is 1.44. The van der Waals surface area contributed by atoms with E-state index in [1.807, 2.05) is 0 Å². The molecule has 6 nitrogen and oxygen atoms in total. The summed E-state index contributed by atoms with van der Waals surface area (Å²) in [6.07, 6.45) is 1.07. The highest BCUT2D eigenvalue weighted by molar-refractivity contribution is 5.95. The summed E-state index contributed by atoms with van der Waals surface area (Å²) in [6.45, 7) is 1.61. The first kappa shape index (κ1) is 12.2. The Morgan fingerprint density at radius 3 is 2.62 bits per heavy atom. The number of aliphatic carboxylic acids is 1. The number of aliphatic hydroxyl groups is 1. The molecule has 0 bridgehead atoms. The van der Waals surface area contributed by atoms with Crippen LogP contribution in [-0.2, 0) is 14.4 Å². The zero-order valence-electron chi connectivity index (χ0n) is 8.77. The Kier molecular flexibility index (Phi) is 3.65. The molecule has 0 spiro atoms. The summed E-state index contributed by atoms with van der Waals surface area (Å²) < 4.78 is 0. The molecule has 0 aromatic heterocycles. The van der Waals surface area contributed by atoms with E-state index in [0.29, 0.717) is 0 Å². The van der Waals surface area contributed by atoms with Gasteiger partial charge in [-0.15, -0.1) is 0 Å². The quantitative estimate of drug-likeness (QED) is 0.629. The first-order valence-electron chi connectivity index (χ1n) is 4.91. The lowest BCUT2D eigenvalue weighted by Gasteiger charge is -2.23. The van der Waals surface area contributed by atoms with Crippen LogP contribution in [0.3, 0.4) is 0 Å². The maximum absolute atomic E-state index is 11.5. The van der Waals surface area contributed by atoms with Crippen LogP contribution in [0.4, 0.5) is 0 Å². The third-order valence-corrected chi connectivity index (χ3v) is 2.35. The molecule has 0 aromatic rings. The maximum Gasteiger partial charge on any atom is 0.310 e. The molecule has 6 heteroatoms. The van der Waals surface area contributed by atoms with Crippen LogP contribution in [0, 0.1) is 5.92 Å². The highest BCUT2D eigenvalue weighted by Crippen LogP contribution is 2.19. The Bertz CT molecular complexity index is 360. The third kappa shape index (κ3) is 2.59. The predicted octanol–water partition coefficient (Wildman–Crippen LogP) is -0.00330. The second-order valence-electron chi connectivity index (χ2n) is 3.56. The lowest BCUT2D eigenvalue weighted by molar-refractivity contribution is -0.142. The van der Waals surface area contributed by atoms with Crippen molar-refractivity contribution >= 4 is 17.7 Å². The summed E-state index contributed by atoms with van der Waals surface area (Å²) in [4.78, 5) is 33.2. The van der Waals surface area contributed by atoms with Gasteiger partial charge in [0.05, 0.1) is 5.92 Å². The molecule has 0 radical (unpaired) electrons. The van der Waals surface area contributed by atoms with E-state index in [0.717, 1.165) is 6.08 Å². The standard InChI is InChI=1S/C10H13NO5/c1-2-8(14)11-9-6(12)3-5(10(15)16)4-7(9)13/h3,5,9,12H,2,4H2,1H3,(H,11,14)(H,15,16). The number of amides is 1. The zero-order chi connectivity index (χ0) is 12.3. The molecule has 0 aromatic carbocycles. The highest BCUT2D eigenvalue weighted by Gasteiger charge is 2.34. The number of aliphatic hydroxyl groups excluding tert-OH is 1. The summed E-state index contributed by atoms with van der Waals surface area (Å²) >= 11 is 0. The number of Topliss-reactive ketones (excluding diaryl/α,β-unsaturated/α-hetero) is 1. The van der Waals surface area contributed by atoms with Crippen LogP contribution in [-0.4, -0.2) is 33.9 Å². The van der Waals surface area contributed by atoms with Crippen LogP contribution >= 0.6 is 0 Å². The monoisotopic (exact) mass is 227 g/mol. The van der Waals surface area contributed by atoms with E-state index in [9.17, 15) is 19.5 Å². The molecule has 0 saturated carbocycles. The van der Waals surface area contributed by atoms with E-state index in [1.165, 1.54) is 0 Å². The molecule has 0 heterocycles. The molecule has 3 N–H and O–H groups in total. The first-order valence-corrected chi connectivity index (χ1v) is 4.91. The number of nitrogens with one attached hydrogen (secondary N) is 1. The Balaban J connectivity index is 2.81. The van der Waals surface area contributed by atoms with E-state index in [1.54, 1.807) is 6.92 Å². The van der Waals surface area contributed by atoms with Gasteiger partial charge in [-0.2, -0.15) is 0 Å². The van der Waals surface area contributed by atoms with Crippen LogP contribution in [0.2, 0.25) is 0 Å². The number of hydrogen-bond donors (Lipinski definition) is 3. The molecule has 2 atom stereocenters. The minimum atomic E-state index is -1.17. The number of rotatable bonds is 3. The van der Waals surface area contributed by atoms with Crippen molar-refractivity contribution in [2.45, 2.75) is 25.8 Å². The van der Waals surface area contributed by atoms with Gasteiger partial charge in [0, 0.05) is 12.8 Å². The molecule has 0 aliphatic heterocycles. The van der Waals surface area contributed by atoms with Gasteiger partial charge >= 0.3 is 5.97 Å². The molecule has 1 aliphatic rings. The molecule has 1 aliphatic carbocycles. The van der Waals surface area contributed by atoms with Crippen LogP contribution < -0.4 is 5.32 Å². The van der Waals surface area contributed by atoms with Crippen molar-refractivity contribution in [3.05, 3.63) is 11.8 Å². The molecule has 2 unspecified atom stereocenters. The molecule has 1 rings (SSSR count). The van der Waals surface area contributed by atoms with Gasteiger partial charge in [-0.05, 0) is 6.08 Å². The molecule has 88 valence electrons. The van der Waals surface area contributed by atoms with Crippen molar-refractivity contribution in [1.82, 2.24) is 5.32 Å². The minimum Gasteiger partial charge on any atom is -0.510 e. The van der Waals surface area contributed by atoms with Gasteiger partial charge < -0.3 is 15.5 Å². The Hall–Kier alpha value is -1.85. The average Bonchev–Trinajstić information content (AvgIpc) is 2.22. The molecule has 1 amide bonds. The van der Waals surface area contributed by atoms with Gasteiger partial charge in [-0.3, -0.25) is 14.4 Å². The first-order chi connectivity index (χ1) is 7.45. The summed E-state index contributed by atoms with van der Waals surface area (Å²) in [5.41, 5.74) is 0. The SMILES string of the molecule is CCC(=O)NC1C(=O)CC(C(=O)O)C=C1O. The second-order valence-corrected chi connectivity index (χ2v) is 3.56. The summed E-state index contributed by atoms with van der Waals surface area (Å²) in [7, 11) is 0. The Morgan fingerprint density at radius 1 is 1.56 bits per heavy atom. The van der Waals surface area contributed by atoms with E-state index in [-0.39, 0.29) is 18.7 Å². The van der Waals surface area contributed by atoms with Gasteiger partial charge in [-0.1, -0.05) is 6.92 Å². The molecule has 0 fully saturated rings. The molecular weight excluding hydrogens is 214 g/mol. The number of carboxylic acid groups (broad SMARTS) is 1. The highest BCUT2D eigenvalue weighted by atomic mass is 16.4.